The second kappa shape index (κ2) is 6.02. The van der Waals surface area contributed by atoms with Crippen molar-refractivity contribution in [2.75, 3.05) is 27.2 Å². The molecule has 0 aromatic heterocycles. The van der Waals surface area contributed by atoms with Crippen molar-refractivity contribution in [3.8, 4) is 0 Å². The van der Waals surface area contributed by atoms with Crippen molar-refractivity contribution < 1.29 is 0 Å². The van der Waals surface area contributed by atoms with E-state index in [9.17, 15) is 0 Å². The van der Waals surface area contributed by atoms with Crippen molar-refractivity contribution >= 4 is 0 Å². The number of hydrogen-bond acceptors (Lipinski definition) is 2. The van der Waals surface area contributed by atoms with E-state index >= 15 is 0 Å². The molecule has 2 nitrogen and oxygen atoms in total. The van der Waals surface area contributed by atoms with Crippen LogP contribution < -0.4 is 5.32 Å². The Balaban J connectivity index is 2.56. The summed E-state index contributed by atoms with van der Waals surface area (Å²) in [5.41, 5.74) is 0.463. The molecule has 2 heteroatoms. The third kappa shape index (κ3) is 3.46. The van der Waals surface area contributed by atoms with Gasteiger partial charge in [0.15, 0.2) is 0 Å². The molecule has 2 unspecified atom stereocenters. The van der Waals surface area contributed by atoms with E-state index in [1.807, 2.05) is 0 Å². The van der Waals surface area contributed by atoms with Crippen LogP contribution in [0.4, 0.5) is 0 Å². The zero-order chi connectivity index (χ0) is 12.2. The fraction of sp³-hybridized carbons (Fsp3) is 1.00. The quantitative estimate of drug-likeness (QED) is 0.775. The van der Waals surface area contributed by atoms with Crippen molar-refractivity contribution in [3.05, 3.63) is 0 Å². The molecule has 16 heavy (non-hydrogen) atoms. The second-order valence-corrected chi connectivity index (χ2v) is 6.17. The van der Waals surface area contributed by atoms with Crippen LogP contribution in [0.5, 0.6) is 0 Å². The number of hydrogen-bond donors (Lipinski definition) is 1. The molecule has 1 rings (SSSR count). The lowest BCUT2D eigenvalue weighted by Gasteiger charge is -2.45. The summed E-state index contributed by atoms with van der Waals surface area (Å²) in [4.78, 5) is 2.50. The van der Waals surface area contributed by atoms with Gasteiger partial charge in [-0.2, -0.15) is 0 Å². The van der Waals surface area contributed by atoms with Crippen molar-refractivity contribution in [3.63, 3.8) is 0 Å². The van der Waals surface area contributed by atoms with Crippen LogP contribution in [0.1, 0.15) is 46.5 Å². The topological polar surface area (TPSA) is 15.3 Å². The zero-order valence-electron chi connectivity index (χ0n) is 11.8. The zero-order valence-corrected chi connectivity index (χ0v) is 11.8. The fourth-order valence-electron chi connectivity index (χ4n) is 3.48. The first-order chi connectivity index (χ1) is 7.51. The predicted octanol–water partition coefficient (Wildman–Crippen LogP) is 2.74. The predicted molar refractivity (Wildman–Crippen MR) is 71.8 cm³/mol. The van der Waals surface area contributed by atoms with E-state index in [-0.39, 0.29) is 0 Å². The molecule has 1 aliphatic carbocycles. The van der Waals surface area contributed by atoms with E-state index in [1.165, 1.54) is 38.8 Å². The van der Waals surface area contributed by atoms with E-state index < -0.39 is 0 Å². The number of rotatable bonds is 5. The third-order valence-corrected chi connectivity index (χ3v) is 4.17. The second-order valence-electron chi connectivity index (χ2n) is 6.17. The SMILES string of the molecule is CCCN(C)CC1CCCC(C)(C)C1NC. The van der Waals surface area contributed by atoms with Crippen molar-refractivity contribution in [1.29, 1.82) is 0 Å². The van der Waals surface area contributed by atoms with Crippen LogP contribution in [-0.2, 0) is 0 Å². The smallest absolute Gasteiger partial charge is 0.0156 e. The molecule has 96 valence electrons. The highest BCUT2D eigenvalue weighted by atomic mass is 15.1. The summed E-state index contributed by atoms with van der Waals surface area (Å²) < 4.78 is 0. The summed E-state index contributed by atoms with van der Waals surface area (Å²) in [6.45, 7) is 9.58. The minimum absolute atomic E-state index is 0.463. The Hall–Kier alpha value is -0.0800. The minimum atomic E-state index is 0.463. The first-order valence-electron chi connectivity index (χ1n) is 6.87. The summed E-state index contributed by atoms with van der Waals surface area (Å²) in [5, 5.41) is 3.57. The van der Waals surface area contributed by atoms with Gasteiger partial charge in [0, 0.05) is 12.6 Å². The summed E-state index contributed by atoms with van der Waals surface area (Å²) in [6.07, 6.45) is 5.42. The van der Waals surface area contributed by atoms with Crippen molar-refractivity contribution in [2.45, 2.75) is 52.5 Å². The Kier molecular flexibility index (Phi) is 5.26. The molecule has 0 saturated heterocycles. The molecular weight excluding hydrogens is 196 g/mol. The van der Waals surface area contributed by atoms with E-state index in [2.05, 4.69) is 45.1 Å². The molecule has 1 aliphatic rings. The molecule has 0 radical (unpaired) electrons. The van der Waals surface area contributed by atoms with Crippen LogP contribution in [0.2, 0.25) is 0 Å². The third-order valence-electron chi connectivity index (χ3n) is 4.17. The van der Waals surface area contributed by atoms with Gasteiger partial charge < -0.3 is 10.2 Å². The maximum absolute atomic E-state index is 3.57. The number of nitrogens with one attached hydrogen (secondary N) is 1. The molecule has 0 aliphatic heterocycles. The van der Waals surface area contributed by atoms with Crippen molar-refractivity contribution in [2.24, 2.45) is 11.3 Å². The van der Waals surface area contributed by atoms with E-state index in [4.69, 9.17) is 0 Å². The summed E-state index contributed by atoms with van der Waals surface area (Å²) >= 11 is 0. The summed E-state index contributed by atoms with van der Waals surface area (Å²) in [5.74, 6) is 0.824. The minimum Gasteiger partial charge on any atom is -0.316 e. The van der Waals surface area contributed by atoms with Crippen LogP contribution in [0, 0.1) is 11.3 Å². The van der Waals surface area contributed by atoms with Gasteiger partial charge in [0.2, 0.25) is 0 Å². The lowest BCUT2D eigenvalue weighted by atomic mass is 9.68. The fourth-order valence-corrected chi connectivity index (χ4v) is 3.48. The molecule has 0 aromatic rings. The normalized spacial score (nSPS) is 29.6. The van der Waals surface area contributed by atoms with Gasteiger partial charge in [-0.3, -0.25) is 0 Å². The maximum atomic E-state index is 3.57. The van der Waals surface area contributed by atoms with Gasteiger partial charge in [-0.1, -0.05) is 27.2 Å². The van der Waals surface area contributed by atoms with Crippen LogP contribution in [0.15, 0.2) is 0 Å². The molecule has 0 amide bonds. The molecule has 0 heterocycles. The van der Waals surface area contributed by atoms with Gasteiger partial charge in [0.1, 0.15) is 0 Å². The van der Waals surface area contributed by atoms with Gasteiger partial charge in [0.25, 0.3) is 0 Å². The van der Waals surface area contributed by atoms with Gasteiger partial charge in [-0.25, -0.2) is 0 Å². The van der Waals surface area contributed by atoms with Crippen molar-refractivity contribution in [1.82, 2.24) is 10.2 Å². The molecule has 0 spiro atoms. The van der Waals surface area contributed by atoms with E-state index in [0.29, 0.717) is 11.5 Å². The lowest BCUT2D eigenvalue weighted by Crippen LogP contribution is -2.51. The van der Waals surface area contributed by atoms with Crippen LogP contribution in [0.25, 0.3) is 0 Å². The average Bonchev–Trinajstić information content (AvgIpc) is 2.17. The maximum Gasteiger partial charge on any atom is 0.0156 e. The molecule has 0 bridgehead atoms. The van der Waals surface area contributed by atoms with Gasteiger partial charge >= 0.3 is 0 Å². The molecule has 1 fully saturated rings. The van der Waals surface area contributed by atoms with Gasteiger partial charge in [-0.05, 0) is 51.2 Å². The first kappa shape index (κ1) is 14.0. The Morgan fingerprint density at radius 1 is 1.38 bits per heavy atom. The molecule has 1 saturated carbocycles. The highest BCUT2D eigenvalue weighted by Gasteiger charge is 2.37. The summed E-state index contributed by atoms with van der Waals surface area (Å²) in [6, 6.07) is 0.681. The monoisotopic (exact) mass is 226 g/mol. The Morgan fingerprint density at radius 3 is 2.62 bits per heavy atom. The first-order valence-corrected chi connectivity index (χ1v) is 6.87. The lowest BCUT2D eigenvalue weighted by molar-refractivity contribution is 0.0905. The van der Waals surface area contributed by atoms with Gasteiger partial charge in [0.05, 0.1) is 0 Å². The highest BCUT2D eigenvalue weighted by molar-refractivity contribution is 4.93. The molecule has 0 aromatic carbocycles. The summed E-state index contributed by atoms with van der Waals surface area (Å²) in [7, 11) is 4.39. The standard InChI is InChI=1S/C14H30N2/c1-6-10-16(5)11-12-8-7-9-14(2,3)13(12)15-4/h12-13,15H,6-11H2,1-5H3. The van der Waals surface area contributed by atoms with Crippen LogP contribution in [0.3, 0.4) is 0 Å². The Labute approximate surface area is 102 Å². The number of nitrogens with zero attached hydrogens (tertiary/aromatic N) is 1. The molecular formula is C14H30N2. The van der Waals surface area contributed by atoms with Gasteiger partial charge in [-0.15, -0.1) is 0 Å². The highest BCUT2D eigenvalue weighted by Crippen LogP contribution is 2.39. The van der Waals surface area contributed by atoms with E-state index in [1.54, 1.807) is 0 Å². The molecule has 1 N–H and O–H groups in total. The Bertz CT molecular complexity index is 201. The van der Waals surface area contributed by atoms with Crippen LogP contribution >= 0.6 is 0 Å². The largest absolute Gasteiger partial charge is 0.316 e. The van der Waals surface area contributed by atoms with E-state index in [0.717, 1.165) is 5.92 Å². The average molecular weight is 226 g/mol. The Morgan fingerprint density at radius 2 is 2.06 bits per heavy atom. The molecule has 2 atom stereocenters. The van der Waals surface area contributed by atoms with Crippen LogP contribution in [-0.4, -0.2) is 38.1 Å².